The van der Waals surface area contributed by atoms with Gasteiger partial charge in [-0.2, -0.15) is 0 Å². The van der Waals surface area contributed by atoms with Crippen LogP contribution in [0.4, 0.5) is 0 Å². The number of halogens is 1. The Bertz CT molecular complexity index is 428. The number of hydroxylamine groups is 1. The van der Waals surface area contributed by atoms with Gasteiger partial charge in [0, 0.05) is 16.7 Å². The van der Waals surface area contributed by atoms with E-state index in [0.717, 1.165) is 4.47 Å². The quantitative estimate of drug-likeness (QED) is 0.795. The first kappa shape index (κ1) is 13.7. The van der Waals surface area contributed by atoms with Crippen molar-refractivity contribution in [3.8, 4) is 0 Å². The van der Waals surface area contributed by atoms with Gasteiger partial charge >= 0.3 is 0 Å². The van der Waals surface area contributed by atoms with Crippen LogP contribution in [-0.4, -0.2) is 23.0 Å². The number of hydrogen-bond acceptors (Lipinski definition) is 3. The Kier molecular flexibility index (Phi) is 4.71. The number of nitrogens with zero attached hydrogens (tertiary/aromatic N) is 1. The molecule has 94 valence electrons. The van der Waals surface area contributed by atoms with E-state index in [1.807, 2.05) is 13.8 Å². The number of nitrogens with two attached hydrogens (primary N) is 1. The minimum absolute atomic E-state index is 0.137. The van der Waals surface area contributed by atoms with Crippen molar-refractivity contribution < 1.29 is 14.4 Å². The van der Waals surface area contributed by atoms with Gasteiger partial charge in [-0.25, -0.2) is 5.48 Å². The maximum Gasteiger partial charge on any atom is 0.291 e. The summed E-state index contributed by atoms with van der Waals surface area (Å²) in [7, 11) is 0. The summed E-state index contributed by atoms with van der Waals surface area (Å²) in [6.07, 6.45) is 1.80. The molecule has 0 unspecified atom stereocenters. The van der Waals surface area contributed by atoms with Gasteiger partial charge in [-0.15, -0.1) is 0 Å². The van der Waals surface area contributed by atoms with Crippen molar-refractivity contribution in [2.75, 3.05) is 6.61 Å². The highest BCUT2D eigenvalue weighted by molar-refractivity contribution is 9.10. The predicted octanol–water partition coefficient (Wildman–Crippen LogP) is 0.978. The molecule has 3 N–H and O–H groups in total. The van der Waals surface area contributed by atoms with E-state index < -0.39 is 11.8 Å². The van der Waals surface area contributed by atoms with E-state index in [-0.39, 0.29) is 12.6 Å². The Morgan fingerprint density at radius 3 is 2.76 bits per heavy atom. The van der Waals surface area contributed by atoms with Gasteiger partial charge in [0.05, 0.1) is 0 Å². The number of hydrogen-bond donors (Lipinski definition) is 2. The third kappa shape index (κ3) is 3.86. The topological polar surface area (TPSA) is 86.3 Å². The van der Waals surface area contributed by atoms with Gasteiger partial charge in [0.25, 0.3) is 5.91 Å². The van der Waals surface area contributed by atoms with Crippen molar-refractivity contribution in [3.05, 3.63) is 22.4 Å². The minimum Gasteiger partial charge on any atom is -0.368 e. The van der Waals surface area contributed by atoms with Crippen molar-refractivity contribution in [1.82, 2.24) is 10.0 Å². The minimum atomic E-state index is -0.647. The predicted molar refractivity (Wildman–Crippen MR) is 65.1 cm³/mol. The molecule has 0 bridgehead atoms. The van der Waals surface area contributed by atoms with Gasteiger partial charge < -0.3 is 10.3 Å². The van der Waals surface area contributed by atoms with E-state index in [9.17, 15) is 9.59 Å². The van der Waals surface area contributed by atoms with E-state index in [1.54, 1.807) is 16.8 Å². The monoisotopic (exact) mass is 303 g/mol. The molecule has 0 radical (unpaired) electrons. The van der Waals surface area contributed by atoms with Crippen LogP contribution >= 0.6 is 15.9 Å². The largest absolute Gasteiger partial charge is 0.368 e. The average Bonchev–Trinajstić information content (AvgIpc) is 2.59. The van der Waals surface area contributed by atoms with Crippen LogP contribution in [0.1, 0.15) is 30.4 Å². The zero-order valence-corrected chi connectivity index (χ0v) is 11.2. The second-order valence-electron chi connectivity index (χ2n) is 3.73. The number of carbonyl (C=O) groups excluding carboxylic acids is 2. The van der Waals surface area contributed by atoms with E-state index >= 15 is 0 Å². The summed E-state index contributed by atoms with van der Waals surface area (Å²) in [4.78, 5) is 26.8. The molecule has 1 aromatic heterocycles. The highest BCUT2D eigenvalue weighted by atomic mass is 79.9. The summed E-state index contributed by atoms with van der Waals surface area (Å²) in [6.45, 7) is 3.55. The Hall–Kier alpha value is -1.34. The van der Waals surface area contributed by atoms with Crippen LogP contribution in [0.3, 0.4) is 0 Å². The Morgan fingerprint density at radius 1 is 1.59 bits per heavy atom. The Morgan fingerprint density at radius 2 is 2.24 bits per heavy atom. The summed E-state index contributed by atoms with van der Waals surface area (Å²) in [5, 5.41) is 0. The van der Waals surface area contributed by atoms with Crippen LogP contribution in [-0.2, 0) is 9.63 Å². The normalized spacial score (nSPS) is 10.6. The van der Waals surface area contributed by atoms with Crippen LogP contribution in [0.5, 0.6) is 0 Å². The van der Waals surface area contributed by atoms with Crippen molar-refractivity contribution in [3.63, 3.8) is 0 Å². The molecule has 7 heteroatoms. The van der Waals surface area contributed by atoms with Crippen molar-refractivity contribution in [2.24, 2.45) is 5.73 Å². The molecule has 1 heterocycles. The SMILES string of the molecule is CC(C)n1cc(Br)cc1C(=O)NOCC(N)=O. The lowest BCUT2D eigenvalue weighted by molar-refractivity contribution is -0.124. The smallest absolute Gasteiger partial charge is 0.291 e. The summed E-state index contributed by atoms with van der Waals surface area (Å²) < 4.78 is 2.58. The van der Waals surface area contributed by atoms with E-state index in [0.29, 0.717) is 5.69 Å². The molecule has 6 nitrogen and oxygen atoms in total. The molecule has 17 heavy (non-hydrogen) atoms. The van der Waals surface area contributed by atoms with Gasteiger partial charge in [-0.05, 0) is 35.8 Å². The van der Waals surface area contributed by atoms with Gasteiger partial charge in [0.1, 0.15) is 5.69 Å². The molecule has 0 saturated heterocycles. The van der Waals surface area contributed by atoms with Crippen LogP contribution in [0.25, 0.3) is 0 Å². The first-order valence-electron chi connectivity index (χ1n) is 4.99. The molecular formula is C10H14BrN3O3. The van der Waals surface area contributed by atoms with E-state index in [2.05, 4.69) is 26.2 Å². The highest BCUT2D eigenvalue weighted by Gasteiger charge is 2.15. The highest BCUT2D eigenvalue weighted by Crippen LogP contribution is 2.19. The number of primary amides is 1. The Labute approximate surface area is 107 Å². The maximum absolute atomic E-state index is 11.7. The molecule has 0 fully saturated rings. The molecule has 1 aromatic rings. The fourth-order valence-electron chi connectivity index (χ4n) is 1.28. The molecule has 0 aliphatic heterocycles. The molecule has 2 amide bonds. The summed E-state index contributed by atoms with van der Waals surface area (Å²) in [5.41, 5.74) is 7.47. The van der Waals surface area contributed by atoms with Gasteiger partial charge in [-0.3, -0.25) is 14.4 Å². The fraction of sp³-hybridized carbons (Fsp3) is 0.400. The van der Waals surface area contributed by atoms with Crippen molar-refractivity contribution >= 4 is 27.7 Å². The number of carbonyl (C=O) groups is 2. The van der Waals surface area contributed by atoms with Crippen molar-refractivity contribution in [1.29, 1.82) is 0 Å². The van der Waals surface area contributed by atoms with Gasteiger partial charge in [0.2, 0.25) is 5.91 Å². The summed E-state index contributed by atoms with van der Waals surface area (Å²) >= 11 is 3.30. The lowest BCUT2D eigenvalue weighted by atomic mass is 10.3. The van der Waals surface area contributed by atoms with Gasteiger partial charge in [-0.1, -0.05) is 0 Å². The zero-order valence-electron chi connectivity index (χ0n) is 9.57. The molecule has 1 rings (SSSR count). The summed E-state index contributed by atoms with van der Waals surface area (Å²) in [5.74, 6) is -1.07. The van der Waals surface area contributed by atoms with Crippen LogP contribution in [0.15, 0.2) is 16.7 Å². The lowest BCUT2D eigenvalue weighted by Crippen LogP contribution is -2.30. The summed E-state index contributed by atoms with van der Waals surface area (Å²) in [6, 6.07) is 1.81. The second-order valence-corrected chi connectivity index (χ2v) is 4.65. The maximum atomic E-state index is 11.7. The number of nitrogens with one attached hydrogen (secondary N) is 1. The third-order valence-electron chi connectivity index (χ3n) is 1.98. The van der Waals surface area contributed by atoms with Gasteiger partial charge in [0.15, 0.2) is 6.61 Å². The second kappa shape index (κ2) is 5.83. The molecule has 0 aromatic carbocycles. The molecule has 0 saturated carbocycles. The number of amides is 2. The first-order chi connectivity index (χ1) is 7.91. The molecule has 0 aliphatic rings. The van der Waals surface area contributed by atoms with Crippen LogP contribution in [0.2, 0.25) is 0 Å². The molecule has 0 aliphatic carbocycles. The molecule has 0 atom stereocenters. The number of aromatic nitrogens is 1. The standard InChI is InChI=1S/C10H14BrN3O3/c1-6(2)14-4-7(11)3-8(14)10(16)13-17-5-9(12)15/h3-4,6H,5H2,1-2H3,(H2,12,15)(H,13,16). The van der Waals surface area contributed by atoms with Crippen LogP contribution < -0.4 is 11.2 Å². The Balaban J connectivity index is 2.71. The fourth-order valence-corrected chi connectivity index (χ4v) is 1.72. The van der Waals surface area contributed by atoms with Crippen LogP contribution in [0, 0.1) is 0 Å². The van der Waals surface area contributed by atoms with Crippen molar-refractivity contribution in [2.45, 2.75) is 19.9 Å². The lowest BCUT2D eigenvalue weighted by Gasteiger charge is -2.12. The zero-order chi connectivity index (χ0) is 13.0. The first-order valence-corrected chi connectivity index (χ1v) is 5.79. The number of rotatable bonds is 5. The van der Waals surface area contributed by atoms with E-state index in [1.165, 1.54) is 0 Å². The molecular weight excluding hydrogens is 290 g/mol. The average molecular weight is 304 g/mol. The third-order valence-corrected chi connectivity index (χ3v) is 2.42. The molecule has 0 spiro atoms. The van der Waals surface area contributed by atoms with E-state index in [4.69, 9.17) is 5.73 Å².